The number of aromatic hydroxyl groups is 1. The maximum atomic E-state index is 14.2. The van der Waals surface area contributed by atoms with Crippen molar-refractivity contribution in [2.75, 3.05) is 11.4 Å². The number of halogens is 2. The molecular weight excluding hydrogens is 400 g/mol. The number of carbonyl (C=O) groups is 1. The highest BCUT2D eigenvalue weighted by Gasteiger charge is 2.43. The van der Waals surface area contributed by atoms with Crippen molar-refractivity contribution in [2.45, 2.75) is 12.6 Å². The van der Waals surface area contributed by atoms with E-state index in [0.29, 0.717) is 24.3 Å². The molecule has 0 saturated heterocycles. The number of H-pyrrole nitrogens is 1. The Labute approximate surface area is 176 Å². The summed E-state index contributed by atoms with van der Waals surface area (Å²) >= 11 is 0. The van der Waals surface area contributed by atoms with Crippen molar-refractivity contribution in [3.63, 3.8) is 0 Å². The molecule has 6 rings (SSSR count). The van der Waals surface area contributed by atoms with Gasteiger partial charge in [0.25, 0.3) is 5.91 Å². The number of hydrogen-bond acceptors (Lipinski definition) is 3. The van der Waals surface area contributed by atoms with E-state index in [1.54, 1.807) is 41.3 Å². The second-order valence-electron chi connectivity index (χ2n) is 7.88. The van der Waals surface area contributed by atoms with Crippen LogP contribution in [0.4, 0.5) is 20.2 Å². The van der Waals surface area contributed by atoms with E-state index in [9.17, 15) is 18.7 Å². The van der Waals surface area contributed by atoms with Crippen LogP contribution in [0, 0.1) is 11.6 Å². The first-order valence-corrected chi connectivity index (χ1v) is 10.00. The standard InChI is InChI=1S/C24H17F2N3O2/c25-13-2-1-3-15(10-13)29-21-7-4-14(26)11-19(21)24(31)28-9-8-17-18-12-16(30)5-6-20(18)27-22(17)23(28)29/h1-7,10-12,23,27,30H,8-9H2/t23-/m1/s1. The van der Waals surface area contributed by atoms with Crippen molar-refractivity contribution in [3.8, 4) is 5.75 Å². The van der Waals surface area contributed by atoms with Crippen LogP contribution in [-0.2, 0) is 6.42 Å². The number of aromatic nitrogens is 1. The summed E-state index contributed by atoms with van der Waals surface area (Å²) < 4.78 is 28.2. The molecule has 0 unspecified atom stereocenters. The highest BCUT2D eigenvalue weighted by Crippen LogP contribution is 2.47. The monoisotopic (exact) mass is 417 g/mol. The third-order valence-corrected chi connectivity index (χ3v) is 6.12. The van der Waals surface area contributed by atoms with Crippen molar-refractivity contribution in [1.82, 2.24) is 9.88 Å². The van der Waals surface area contributed by atoms with Crippen LogP contribution in [0.2, 0.25) is 0 Å². The topological polar surface area (TPSA) is 59.6 Å². The Hall–Kier alpha value is -3.87. The van der Waals surface area contributed by atoms with Crippen molar-refractivity contribution >= 4 is 28.2 Å². The highest BCUT2D eigenvalue weighted by atomic mass is 19.1. The first kappa shape index (κ1) is 17.9. The predicted molar refractivity (Wildman–Crippen MR) is 112 cm³/mol. The van der Waals surface area contributed by atoms with Crippen LogP contribution >= 0.6 is 0 Å². The van der Waals surface area contributed by atoms with Gasteiger partial charge in [-0.1, -0.05) is 6.07 Å². The van der Waals surface area contributed by atoms with Gasteiger partial charge in [0.2, 0.25) is 0 Å². The van der Waals surface area contributed by atoms with Crippen LogP contribution in [0.3, 0.4) is 0 Å². The SMILES string of the molecule is O=C1c2cc(F)ccc2N(c2cccc(F)c2)[C@@H]2c3[nH]c4ccc(O)cc4c3CCN12. The number of benzene rings is 3. The molecule has 1 amide bonds. The summed E-state index contributed by atoms with van der Waals surface area (Å²) in [5.41, 5.74) is 3.99. The van der Waals surface area contributed by atoms with E-state index >= 15 is 0 Å². The molecule has 0 spiro atoms. The van der Waals surface area contributed by atoms with E-state index in [1.807, 2.05) is 4.90 Å². The minimum Gasteiger partial charge on any atom is -0.508 e. The smallest absolute Gasteiger partial charge is 0.258 e. The molecule has 1 aromatic heterocycles. The zero-order chi connectivity index (χ0) is 21.3. The molecule has 7 heteroatoms. The number of carbonyl (C=O) groups excluding carboxylic acids is 1. The molecule has 154 valence electrons. The molecule has 0 fully saturated rings. The first-order valence-electron chi connectivity index (χ1n) is 10.00. The second-order valence-corrected chi connectivity index (χ2v) is 7.88. The maximum absolute atomic E-state index is 14.2. The van der Waals surface area contributed by atoms with Crippen molar-refractivity contribution in [3.05, 3.63) is 89.1 Å². The Balaban J connectivity index is 1.64. The summed E-state index contributed by atoms with van der Waals surface area (Å²) in [6.07, 6.45) is 0.0356. The van der Waals surface area contributed by atoms with E-state index in [-0.39, 0.29) is 17.2 Å². The first-order chi connectivity index (χ1) is 15.0. The summed E-state index contributed by atoms with van der Waals surface area (Å²) in [5, 5.41) is 10.9. The molecular formula is C24H17F2N3O2. The van der Waals surface area contributed by atoms with Gasteiger partial charge in [-0.25, -0.2) is 8.78 Å². The number of nitrogens with zero attached hydrogens (tertiary/aromatic N) is 2. The van der Waals surface area contributed by atoms with Crippen molar-refractivity contribution in [1.29, 1.82) is 0 Å². The summed E-state index contributed by atoms with van der Waals surface area (Å²) in [6, 6.07) is 15.4. The molecule has 1 atom stereocenters. The lowest BCUT2D eigenvalue weighted by Crippen LogP contribution is -2.50. The van der Waals surface area contributed by atoms with Crippen LogP contribution in [0.15, 0.2) is 60.7 Å². The number of nitrogens with one attached hydrogen (secondary N) is 1. The van der Waals surface area contributed by atoms with Crippen molar-refractivity contribution < 1.29 is 18.7 Å². The van der Waals surface area contributed by atoms with Crippen LogP contribution in [0.5, 0.6) is 5.75 Å². The van der Waals surface area contributed by atoms with E-state index in [2.05, 4.69) is 4.98 Å². The van der Waals surface area contributed by atoms with Gasteiger partial charge < -0.3 is 19.9 Å². The molecule has 2 aliphatic rings. The number of phenols is 1. The molecule has 3 heterocycles. The predicted octanol–water partition coefficient (Wildman–Crippen LogP) is 5.00. The quantitative estimate of drug-likeness (QED) is 0.458. The van der Waals surface area contributed by atoms with Gasteiger partial charge in [0.15, 0.2) is 6.17 Å². The van der Waals surface area contributed by atoms with Gasteiger partial charge in [-0.3, -0.25) is 4.79 Å². The number of aromatic amines is 1. The minimum absolute atomic E-state index is 0.166. The van der Waals surface area contributed by atoms with Gasteiger partial charge in [0.05, 0.1) is 16.9 Å². The molecule has 4 aromatic rings. The van der Waals surface area contributed by atoms with Gasteiger partial charge in [-0.2, -0.15) is 0 Å². The number of hydrogen-bond donors (Lipinski definition) is 2. The Kier molecular flexibility index (Phi) is 3.65. The number of rotatable bonds is 1. The van der Waals surface area contributed by atoms with Gasteiger partial charge >= 0.3 is 0 Å². The molecule has 2 aliphatic heterocycles. The summed E-state index contributed by atoms with van der Waals surface area (Å²) in [4.78, 5) is 20.3. The Morgan fingerprint density at radius 2 is 1.84 bits per heavy atom. The third-order valence-electron chi connectivity index (χ3n) is 6.12. The lowest BCUT2D eigenvalue weighted by Gasteiger charge is -2.47. The molecule has 0 saturated carbocycles. The molecule has 2 N–H and O–H groups in total. The fraction of sp³-hybridized carbons (Fsp3) is 0.125. The summed E-state index contributed by atoms with van der Waals surface area (Å²) in [6.45, 7) is 0.418. The normalized spacial score (nSPS) is 17.5. The summed E-state index contributed by atoms with van der Waals surface area (Å²) in [7, 11) is 0. The van der Waals surface area contributed by atoms with Crippen molar-refractivity contribution in [2.24, 2.45) is 0 Å². The Morgan fingerprint density at radius 3 is 2.68 bits per heavy atom. The molecule has 3 aromatic carbocycles. The van der Waals surface area contributed by atoms with Gasteiger partial charge in [0.1, 0.15) is 17.4 Å². The average molecular weight is 417 g/mol. The molecule has 5 nitrogen and oxygen atoms in total. The van der Waals surface area contributed by atoms with E-state index < -0.39 is 17.8 Å². The Morgan fingerprint density at radius 1 is 1.00 bits per heavy atom. The van der Waals surface area contributed by atoms with E-state index in [4.69, 9.17) is 0 Å². The van der Waals surface area contributed by atoms with Gasteiger partial charge in [-0.05, 0) is 66.6 Å². The fourth-order valence-corrected chi connectivity index (χ4v) is 4.82. The van der Waals surface area contributed by atoms with Crippen LogP contribution < -0.4 is 4.90 Å². The molecule has 0 radical (unpaired) electrons. The lowest BCUT2D eigenvalue weighted by molar-refractivity contribution is 0.0641. The molecule has 0 bridgehead atoms. The number of phenolic OH excluding ortho intramolecular Hbond substituents is 1. The molecule has 31 heavy (non-hydrogen) atoms. The van der Waals surface area contributed by atoms with Gasteiger partial charge in [-0.15, -0.1) is 0 Å². The second kappa shape index (κ2) is 6.31. The number of fused-ring (bicyclic) bond motifs is 6. The lowest BCUT2D eigenvalue weighted by atomic mass is 9.95. The minimum atomic E-state index is -0.550. The number of amides is 1. The van der Waals surface area contributed by atoms with Crippen LogP contribution in [0.1, 0.15) is 27.8 Å². The Bertz CT molecular complexity index is 1380. The summed E-state index contributed by atoms with van der Waals surface area (Å²) in [5.74, 6) is -0.996. The highest BCUT2D eigenvalue weighted by molar-refractivity contribution is 6.04. The third kappa shape index (κ3) is 2.56. The maximum Gasteiger partial charge on any atom is 0.258 e. The van der Waals surface area contributed by atoms with Crippen LogP contribution in [0.25, 0.3) is 10.9 Å². The zero-order valence-electron chi connectivity index (χ0n) is 16.3. The average Bonchev–Trinajstić information content (AvgIpc) is 3.12. The molecule has 0 aliphatic carbocycles. The fourth-order valence-electron chi connectivity index (χ4n) is 4.82. The zero-order valence-corrected chi connectivity index (χ0v) is 16.3. The van der Waals surface area contributed by atoms with Crippen LogP contribution in [-0.4, -0.2) is 27.4 Å². The largest absolute Gasteiger partial charge is 0.508 e. The van der Waals surface area contributed by atoms with Gasteiger partial charge in [0, 0.05) is 23.1 Å². The van der Waals surface area contributed by atoms with E-state index in [0.717, 1.165) is 22.2 Å². The van der Waals surface area contributed by atoms with E-state index in [1.165, 1.54) is 24.3 Å². The number of anilines is 2.